The van der Waals surface area contributed by atoms with Crippen molar-refractivity contribution in [3.63, 3.8) is 0 Å². The maximum Gasteiger partial charge on any atom is 0.236 e. The second kappa shape index (κ2) is 3.70. The van der Waals surface area contributed by atoms with Crippen molar-refractivity contribution in [3.05, 3.63) is 0 Å². The molecular weight excluding hydrogens is 184 g/mol. The molecule has 0 radical (unpaired) electrons. The van der Waals surface area contributed by atoms with Crippen molar-refractivity contribution in [2.75, 3.05) is 0 Å². The highest BCUT2D eigenvalue weighted by Gasteiger charge is 2.40. The Balaban J connectivity index is 3.21. The Labute approximate surface area is 77.9 Å². The van der Waals surface area contributed by atoms with Crippen LogP contribution in [-0.4, -0.2) is 22.9 Å². The zero-order valence-electron chi connectivity index (χ0n) is 6.59. The number of nitriles is 3. The minimum atomic E-state index is -0.651. The van der Waals surface area contributed by atoms with Crippen molar-refractivity contribution in [1.82, 2.24) is 0 Å². The molecule has 1 fully saturated rings. The predicted molar refractivity (Wildman–Crippen MR) is 44.2 cm³/mol. The molecule has 0 aromatic heterocycles. The van der Waals surface area contributed by atoms with Gasteiger partial charge in [-0.3, -0.25) is 4.79 Å². The van der Waals surface area contributed by atoms with Crippen LogP contribution in [-0.2, 0) is 4.79 Å². The van der Waals surface area contributed by atoms with Gasteiger partial charge in [0.1, 0.15) is 5.71 Å². The van der Waals surface area contributed by atoms with Crippen LogP contribution < -0.4 is 0 Å². The largest absolute Gasteiger partial charge is 0.285 e. The number of carbonyl (C=O) groups excluding carboxylic acids is 1. The van der Waals surface area contributed by atoms with Crippen LogP contribution in [0, 0.1) is 34.4 Å². The first-order valence-electron chi connectivity index (χ1n) is 3.22. The summed E-state index contributed by atoms with van der Waals surface area (Å²) in [5, 5.41) is 24.6. The van der Waals surface area contributed by atoms with Crippen LogP contribution in [0.4, 0.5) is 0 Å². The maximum absolute atomic E-state index is 11.1. The quantitative estimate of drug-likeness (QED) is 0.463. The summed E-state index contributed by atoms with van der Waals surface area (Å²) in [5.41, 5.74) is -0.577. The van der Waals surface area contributed by atoms with Crippen molar-refractivity contribution >= 4 is 22.9 Å². The third-order valence-corrected chi connectivity index (χ3v) is 1.36. The van der Waals surface area contributed by atoms with Crippen LogP contribution in [0.5, 0.6) is 0 Å². The molecule has 0 saturated heterocycles. The summed E-state index contributed by atoms with van der Waals surface area (Å²) in [7, 11) is 0. The minimum Gasteiger partial charge on any atom is -0.285 e. The van der Waals surface area contributed by atoms with Crippen LogP contribution in [0.2, 0.25) is 0 Å². The lowest BCUT2D eigenvalue weighted by Crippen LogP contribution is -2.50. The van der Waals surface area contributed by atoms with Gasteiger partial charge in [0.05, 0.1) is 0 Å². The average Bonchev–Trinajstić information content (AvgIpc) is 2.21. The van der Waals surface area contributed by atoms with Gasteiger partial charge in [-0.1, -0.05) is 0 Å². The molecule has 0 heterocycles. The summed E-state index contributed by atoms with van der Waals surface area (Å²) in [4.78, 5) is 20.6. The molecule has 14 heavy (non-hydrogen) atoms. The van der Waals surface area contributed by atoms with Gasteiger partial charge in [-0.2, -0.15) is 30.8 Å². The highest BCUT2D eigenvalue weighted by molar-refractivity contribution is 7.11. The van der Waals surface area contributed by atoms with E-state index in [4.69, 9.17) is 15.8 Å². The molecule has 0 aromatic carbocycles. The summed E-state index contributed by atoms with van der Waals surface area (Å²) < 4.78 is 0. The Kier molecular flexibility index (Phi) is 2.44. The SMILES string of the molecule is N#C\N=C1/C(=O)C(=N/C#N)/C1=N/C#N. The zero-order valence-corrected chi connectivity index (χ0v) is 6.59. The van der Waals surface area contributed by atoms with Crippen LogP contribution in [0.15, 0.2) is 15.0 Å². The highest BCUT2D eigenvalue weighted by Crippen LogP contribution is 2.06. The number of carbonyl (C=O) groups is 1. The van der Waals surface area contributed by atoms with Crippen molar-refractivity contribution in [2.45, 2.75) is 0 Å². The standard InChI is InChI=1S/C7N6O/c8-1-11-4-5(12-2-9)7(14)6(4)13-3-10/b11-4-,12-5+,13-6-. The molecule has 1 aliphatic carbocycles. The van der Waals surface area contributed by atoms with Crippen molar-refractivity contribution in [1.29, 1.82) is 15.8 Å². The molecule has 0 aromatic rings. The third-order valence-electron chi connectivity index (χ3n) is 1.36. The van der Waals surface area contributed by atoms with Gasteiger partial charge in [-0.05, 0) is 0 Å². The topological polar surface area (TPSA) is 126 Å². The summed E-state index contributed by atoms with van der Waals surface area (Å²) >= 11 is 0. The molecule has 1 aliphatic rings. The zero-order chi connectivity index (χ0) is 10.6. The molecule has 7 heteroatoms. The summed E-state index contributed by atoms with van der Waals surface area (Å²) in [6.07, 6.45) is 4.20. The van der Waals surface area contributed by atoms with E-state index < -0.39 is 5.78 Å². The van der Waals surface area contributed by atoms with Gasteiger partial charge < -0.3 is 0 Å². The van der Waals surface area contributed by atoms with Gasteiger partial charge in [-0.15, -0.1) is 0 Å². The lowest BCUT2D eigenvalue weighted by Gasteiger charge is -2.14. The molecule has 0 bridgehead atoms. The Morgan fingerprint density at radius 3 is 1.50 bits per heavy atom. The van der Waals surface area contributed by atoms with Crippen molar-refractivity contribution in [3.8, 4) is 18.6 Å². The van der Waals surface area contributed by atoms with E-state index >= 15 is 0 Å². The Hall–Kier alpha value is -2.85. The second-order valence-corrected chi connectivity index (χ2v) is 2.01. The highest BCUT2D eigenvalue weighted by atomic mass is 16.1. The Bertz CT molecular complexity index is 468. The number of rotatable bonds is 0. The predicted octanol–water partition coefficient (Wildman–Crippen LogP) is -0.665. The Morgan fingerprint density at radius 1 is 0.786 bits per heavy atom. The van der Waals surface area contributed by atoms with E-state index in [0.29, 0.717) is 0 Å². The number of ketones is 1. The summed E-state index contributed by atoms with van der Waals surface area (Å²) in [6.45, 7) is 0. The van der Waals surface area contributed by atoms with E-state index in [2.05, 4.69) is 15.0 Å². The molecule has 0 N–H and O–H groups in total. The smallest absolute Gasteiger partial charge is 0.236 e. The third kappa shape index (κ3) is 1.24. The molecular formula is C7N6O. The number of nitrogens with zero attached hydrogens (tertiary/aromatic N) is 6. The molecule has 64 valence electrons. The van der Waals surface area contributed by atoms with Gasteiger partial charge in [0.15, 0.2) is 11.4 Å². The fourth-order valence-electron chi connectivity index (χ4n) is 0.840. The summed E-state index contributed by atoms with van der Waals surface area (Å²) in [5.74, 6) is -0.651. The summed E-state index contributed by atoms with van der Waals surface area (Å²) in [6, 6.07) is 0. The fourth-order valence-corrected chi connectivity index (χ4v) is 0.840. The molecule has 1 rings (SSSR count). The Morgan fingerprint density at radius 2 is 1.14 bits per heavy atom. The van der Waals surface area contributed by atoms with Crippen LogP contribution in [0.3, 0.4) is 0 Å². The van der Waals surface area contributed by atoms with Gasteiger partial charge >= 0.3 is 0 Å². The average molecular weight is 184 g/mol. The van der Waals surface area contributed by atoms with Gasteiger partial charge in [0, 0.05) is 0 Å². The first-order valence-corrected chi connectivity index (χ1v) is 3.22. The van der Waals surface area contributed by atoms with Crippen molar-refractivity contribution < 1.29 is 4.79 Å². The van der Waals surface area contributed by atoms with Crippen LogP contribution in [0.1, 0.15) is 0 Å². The number of hydrogen-bond acceptors (Lipinski definition) is 7. The van der Waals surface area contributed by atoms with Gasteiger partial charge in [-0.25, -0.2) is 0 Å². The van der Waals surface area contributed by atoms with E-state index in [1.807, 2.05) is 0 Å². The second-order valence-electron chi connectivity index (χ2n) is 2.01. The van der Waals surface area contributed by atoms with Gasteiger partial charge in [0.25, 0.3) is 0 Å². The van der Waals surface area contributed by atoms with E-state index in [1.165, 1.54) is 18.6 Å². The van der Waals surface area contributed by atoms with Crippen LogP contribution in [0.25, 0.3) is 0 Å². The number of hydrogen-bond donors (Lipinski definition) is 0. The molecule has 0 amide bonds. The number of Topliss-reactive ketones (excluding diaryl/α,β-unsaturated/α-hetero) is 1. The molecule has 7 nitrogen and oxygen atoms in total. The van der Waals surface area contributed by atoms with E-state index in [1.54, 1.807) is 0 Å². The first-order chi connectivity index (χ1) is 6.76. The first kappa shape index (κ1) is 9.24. The van der Waals surface area contributed by atoms with E-state index in [9.17, 15) is 4.79 Å². The van der Waals surface area contributed by atoms with E-state index in [0.717, 1.165) is 0 Å². The lowest BCUT2D eigenvalue weighted by molar-refractivity contribution is -0.107. The molecule has 0 atom stereocenters. The molecule has 0 unspecified atom stereocenters. The van der Waals surface area contributed by atoms with Crippen LogP contribution >= 0.6 is 0 Å². The molecule has 1 saturated carbocycles. The van der Waals surface area contributed by atoms with E-state index in [-0.39, 0.29) is 17.1 Å². The van der Waals surface area contributed by atoms with Gasteiger partial charge in [0.2, 0.25) is 24.4 Å². The number of aliphatic imine (C=N–C) groups is 3. The normalized spacial score (nSPS) is 22.6. The molecule has 0 aliphatic heterocycles. The monoisotopic (exact) mass is 184 g/mol. The molecule has 0 spiro atoms. The maximum atomic E-state index is 11.1. The lowest BCUT2D eigenvalue weighted by atomic mass is 9.89. The minimum absolute atomic E-state index is 0.111. The van der Waals surface area contributed by atoms with Crippen molar-refractivity contribution in [2.24, 2.45) is 15.0 Å². The fraction of sp³-hybridized carbons (Fsp3) is 0.